The molecule has 0 aliphatic heterocycles. The van der Waals surface area contributed by atoms with Gasteiger partial charge in [0.05, 0.1) is 0 Å². The van der Waals surface area contributed by atoms with Crippen molar-refractivity contribution in [2.24, 2.45) is 0 Å². The molecule has 0 N–H and O–H groups in total. The van der Waals surface area contributed by atoms with Gasteiger partial charge in [0, 0.05) is 142 Å². The lowest BCUT2D eigenvalue weighted by atomic mass is 9.93. The minimum absolute atomic E-state index is 0.539. The zero-order chi connectivity index (χ0) is 91.9. The summed E-state index contributed by atoms with van der Waals surface area (Å²) in [5, 5.41) is 0. The molecule has 0 amide bonds. The molecule has 0 saturated carbocycles. The number of pyridine rings is 9. The summed E-state index contributed by atoms with van der Waals surface area (Å²) in [6.07, 6.45) is 23.0. The first-order valence-electron chi connectivity index (χ1n) is 45.0. The molecule has 9 aromatic heterocycles. The Morgan fingerprint density at radius 2 is 0.532 bits per heavy atom. The topological polar surface area (TPSA) is 116 Å². The summed E-state index contributed by atoms with van der Waals surface area (Å²) in [5.41, 5.74) is 37.0. The molecule has 9 nitrogen and oxygen atoms in total. The molecule has 0 fully saturated rings. The standard InChI is InChI=1S/6C15H17N.3C9H13N/c1-11(2)13-4-6-14(7-5-13)15-8-12(3)9-16-10-15;1-11(2)13-6-8-14(9-7-13)15-5-4-12(3)16-10-15;1-11(2)13-5-4-6-14(8-13)15-7-12(3)9-16-10-15;1-11(2)13-5-4-6-14(9-13)15-8-7-12(3)16-10-15;1-11(2)14-6-4-5-7-15(14)13-8-12(3)9-16-10-13;1-11(2)14-6-4-5-7-15(14)13-9-8-12(3)16-10-13;1-7(2)9-4-8(3)5-10-6-9;1-7(2)9-5-4-8(3)6-10-9;1-7(2)9-6-4-5-8(3)10-9/h6*4-11H,1-3H3;3*4-7H,1-3H3. The van der Waals surface area contributed by atoms with Gasteiger partial charge >= 0.3 is 0 Å². The van der Waals surface area contributed by atoms with E-state index in [-0.39, 0.29) is 0 Å². The van der Waals surface area contributed by atoms with Crippen molar-refractivity contribution < 1.29 is 0 Å². The summed E-state index contributed by atoms with van der Waals surface area (Å²) in [7, 11) is 0. The molecule has 0 saturated heterocycles. The number of nitrogens with zero attached hydrogens (tertiary/aromatic N) is 9. The van der Waals surface area contributed by atoms with Gasteiger partial charge in [0.2, 0.25) is 0 Å². The molecule has 0 radical (unpaired) electrons. The third-order valence-electron chi connectivity index (χ3n) is 21.3. The van der Waals surface area contributed by atoms with Crippen LogP contribution >= 0.6 is 0 Å². The first-order chi connectivity index (χ1) is 60.1. The summed E-state index contributed by atoms with van der Waals surface area (Å²) in [6, 6.07) is 83.5. The number of rotatable bonds is 15. The number of aryl methyl sites for hydroxylation is 9. The lowest BCUT2D eigenvalue weighted by Gasteiger charge is -2.12. The Balaban J connectivity index is 0.000000196. The van der Waals surface area contributed by atoms with Crippen molar-refractivity contribution in [2.75, 3.05) is 0 Å². The molecule has 15 aromatic rings. The highest BCUT2D eigenvalue weighted by Crippen LogP contribution is 2.33. The first kappa shape index (κ1) is 101. The molecular weight excluding hydrogens is 1530 g/mol. The fourth-order valence-electron chi connectivity index (χ4n) is 13.4. The van der Waals surface area contributed by atoms with Crippen molar-refractivity contribution >= 4 is 0 Å². The van der Waals surface area contributed by atoms with Crippen LogP contribution < -0.4 is 0 Å². The Bertz CT molecular complexity index is 5610. The minimum Gasteiger partial charge on any atom is -0.264 e. The van der Waals surface area contributed by atoms with E-state index in [0.717, 1.165) is 22.8 Å². The van der Waals surface area contributed by atoms with E-state index in [4.69, 9.17) is 0 Å². The number of hydrogen-bond donors (Lipinski definition) is 0. The molecule has 9 heterocycles. The van der Waals surface area contributed by atoms with Crippen LogP contribution in [0.2, 0.25) is 0 Å². The van der Waals surface area contributed by atoms with Crippen LogP contribution in [0.25, 0.3) is 66.8 Å². The van der Waals surface area contributed by atoms with Crippen LogP contribution in [-0.4, -0.2) is 44.9 Å². The predicted molar refractivity (Wildman–Crippen MR) is 540 cm³/mol. The second kappa shape index (κ2) is 51.8. The largest absolute Gasteiger partial charge is 0.264 e. The maximum Gasteiger partial charge on any atom is 0.0432 e. The lowest BCUT2D eigenvalue weighted by Crippen LogP contribution is -1.92. The van der Waals surface area contributed by atoms with E-state index in [1.807, 2.05) is 114 Å². The zero-order valence-electron chi connectivity index (χ0n) is 80.7. The summed E-state index contributed by atoms with van der Waals surface area (Å²) < 4.78 is 0. The Labute approximate surface area is 758 Å². The van der Waals surface area contributed by atoms with E-state index in [9.17, 15) is 0 Å². The molecule has 0 bridgehead atoms. The molecule has 0 aliphatic rings. The van der Waals surface area contributed by atoms with Gasteiger partial charge in [-0.3, -0.25) is 44.9 Å². The van der Waals surface area contributed by atoms with Crippen LogP contribution in [0.1, 0.15) is 279 Å². The Hall–Kier alpha value is -12.3. The molecule has 15 rings (SSSR count). The average Bonchev–Trinajstić information content (AvgIpc) is 0.836. The van der Waals surface area contributed by atoms with Gasteiger partial charge in [0.15, 0.2) is 0 Å². The van der Waals surface area contributed by atoms with Crippen molar-refractivity contribution in [3.8, 4) is 66.8 Å². The maximum absolute atomic E-state index is 4.37. The van der Waals surface area contributed by atoms with E-state index in [0.29, 0.717) is 53.3 Å². The van der Waals surface area contributed by atoms with Gasteiger partial charge in [-0.25, -0.2) is 0 Å². The van der Waals surface area contributed by atoms with E-state index < -0.39 is 0 Å². The third-order valence-corrected chi connectivity index (χ3v) is 21.3. The third kappa shape index (κ3) is 34.3. The molecule has 654 valence electrons. The van der Waals surface area contributed by atoms with Crippen molar-refractivity contribution in [3.05, 3.63) is 412 Å². The molecule has 0 aliphatic carbocycles. The molecular formula is C117H141N9. The van der Waals surface area contributed by atoms with Gasteiger partial charge in [-0.1, -0.05) is 307 Å². The number of hydrogen-bond acceptors (Lipinski definition) is 9. The first-order valence-corrected chi connectivity index (χ1v) is 45.0. The molecule has 0 atom stereocenters. The Morgan fingerprint density at radius 3 is 0.897 bits per heavy atom. The summed E-state index contributed by atoms with van der Waals surface area (Å²) >= 11 is 0. The lowest BCUT2D eigenvalue weighted by molar-refractivity contribution is 0.815. The van der Waals surface area contributed by atoms with Crippen LogP contribution in [0.4, 0.5) is 0 Å². The highest BCUT2D eigenvalue weighted by atomic mass is 14.7. The van der Waals surface area contributed by atoms with Crippen LogP contribution in [0, 0.1) is 62.3 Å². The highest BCUT2D eigenvalue weighted by Gasteiger charge is 2.12. The predicted octanol–water partition coefficient (Wildman–Crippen LogP) is 32.6. The van der Waals surface area contributed by atoms with Crippen molar-refractivity contribution in [3.63, 3.8) is 0 Å². The molecule has 126 heavy (non-hydrogen) atoms. The SMILES string of the molecule is Cc1ccc(-c2ccc(C(C)C)cc2)cn1.Cc1ccc(-c2cccc(C(C)C)c2)cn1.Cc1ccc(-c2ccccc2C(C)C)cn1.Cc1ccc(C(C)C)nc1.Cc1cccc(C(C)C)n1.Cc1cncc(-c2ccc(C(C)C)cc2)c1.Cc1cncc(-c2cccc(C(C)C)c2)c1.Cc1cncc(-c2ccccc2C(C)C)c1.Cc1cncc(C(C)C)c1. The van der Waals surface area contributed by atoms with E-state index in [1.54, 1.807) is 0 Å². The Morgan fingerprint density at radius 1 is 0.175 bits per heavy atom. The van der Waals surface area contributed by atoms with Gasteiger partial charge in [0.25, 0.3) is 0 Å². The molecule has 9 heteroatoms. The minimum atomic E-state index is 0.539. The van der Waals surface area contributed by atoms with Gasteiger partial charge in [-0.2, -0.15) is 0 Å². The Kier molecular flexibility index (Phi) is 41.4. The van der Waals surface area contributed by atoms with Crippen LogP contribution in [0.15, 0.2) is 311 Å². The zero-order valence-corrected chi connectivity index (χ0v) is 80.7. The van der Waals surface area contributed by atoms with Crippen molar-refractivity contribution in [1.82, 2.24) is 44.9 Å². The molecule has 0 unspecified atom stereocenters. The van der Waals surface area contributed by atoms with Gasteiger partial charge in [-0.05, 0) is 270 Å². The van der Waals surface area contributed by atoms with Gasteiger partial charge < -0.3 is 0 Å². The second-order valence-electron chi connectivity index (χ2n) is 35.6. The fraction of sp³-hybridized carbons (Fsp3) is 0.308. The summed E-state index contributed by atoms with van der Waals surface area (Å²) in [6.45, 7) is 57.9. The molecule has 0 spiro atoms. The van der Waals surface area contributed by atoms with Crippen LogP contribution in [-0.2, 0) is 0 Å². The highest BCUT2D eigenvalue weighted by molar-refractivity contribution is 5.70. The summed E-state index contributed by atoms with van der Waals surface area (Å²) in [5.74, 6) is 5.06. The fourth-order valence-corrected chi connectivity index (χ4v) is 13.4. The second-order valence-corrected chi connectivity index (χ2v) is 35.6. The average molecular weight is 1670 g/mol. The van der Waals surface area contributed by atoms with Crippen molar-refractivity contribution in [1.29, 1.82) is 0 Å². The van der Waals surface area contributed by atoms with Gasteiger partial charge in [0.1, 0.15) is 0 Å². The van der Waals surface area contributed by atoms with E-state index in [1.165, 1.54) is 145 Å². The maximum atomic E-state index is 4.37. The number of benzene rings is 6. The normalized spacial score (nSPS) is 10.7. The number of aromatic nitrogens is 9. The van der Waals surface area contributed by atoms with Crippen LogP contribution in [0.5, 0.6) is 0 Å². The monoisotopic (exact) mass is 1670 g/mol. The summed E-state index contributed by atoms with van der Waals surface area (Å²) in [4.78, 5) is 38.5. The van der Waals surface area contributed by atoms with Crippen molar-refractivity contribution in [2.45, 2.75) is 240 Å². The van der Waals surface area contributed by atoms with Gasteiger partial charge in [-0.15, -0.1) is 0 Å². The molecule has 6 aromatic carbocycles. The smallest absolute Gasteiger partial charge is 0.0432 e. The quantitative estimate of drug-likeness (QED) is 0.0989. The van der Waals surface area contributed by atoms with E-state index >= 15 is 0 Å². The van der Waals surface area contributed by atoms with E-state index in [2.05, 4.69) is 429 Å². The van der Waals surface area contributed by atoms with Crippen LogP contribution in [0.3, 0.4) is 0 Å².